The van der Waals surface area contributed by atoms with Crippen molar-refractivity contribution in [2.75, 3.05) is 13.7 Å². The summed E-state index contributed by atoms with van der Waals surface area (Å²) in [5, 5.41) is 0. The van der Waals surface area contributed by atoms with Gasteiger partial charge < -0.3 is 18.9 Å². The number of carbonyl (C=O) groups excluding carboxylic acids is 4. The standard InChI is InChI=1S/C21H34O8/c1-8-14(17(23)26-7)12-21(6,11-13(2)16(22)29-20(3,4)5)19(25)28-15-9-10-27-18(15)24/h13-15H,8-12H2,1-7H3. The first-order valence-electron chi connectivity index (χ1n) is 10.0. The highest BCUT2D eigenvalue weighted by Gasteiger charge is 2.44. The zero-order valence-electron chi connectivity index (χ0n) is 18.5. The fourth-order valence-electron chi connectivity index (χ4n) is 3.37. The van der Waals surface area contributed by atoms with Gasteiger partial charge in [0.15, 0.2) is 0 Å². The van der Waals surface area contributed by atoms with Crippen molar-refractivity contribution in [1.29, 1.82) is 0 Å². The smallest absolute Gasteiger partial charge is 0.347 e. The van der Waals surface area contributed by atoms with Gasteiger partial charge in [0.2, 0.25) is 6.10 Å². The Morgan fingerprint density at radius 3 is 2.21 bits per heavy atom. The Morgan fingerprint density at radius 1 is 1.14 bits per heavy atom. The van der Waals surface area contributed by atoms with Gasteiger partial charge in [0.1, 0.15) is 5.60 Å². The van der Waals surface area contributed by atoms with Crippen LogP contribution in [-0.2, 0) is 38.1 Å². The maximum Gasteiger partial charge on any atom is 0.347 e. The van der Waals surface area contributed by atoms with E-state index in [4.69, 9.17) is 18.9 Å². The molecule has 1 aliphatic heterocycles. The summed E-state index contributed by atoms with van der Waals surface area (Å²) in [6, 6.07) is 0. The second-order valence-electron chi connectivity index (χ2n) is 8.88. The molecule has 0 aromatic carbocycles. The molecule has 0 radical (unpaired) electrons. The molecule has 4 unspecified atom stereocenters. The Hall–Kier alpha value is -2.12. The lowest BCUT2D eigenvalue weighted by Crippen LogP contribution is -2.40. The van der Waals surface area contributed by atoms with Crippen LogP contribution in [0.5, 0.6) is 0 Å². The van der Waals surface area contributed by atoms with E-state index in [0.29, 0.717) is 6.42 Å². The van der Waals surface area contributed by atoms with Gasteiger partial charge in [0.25, 0.3) is 0 Å². The molecule has 29 heavy (non-hydrogen) atoms. The molecular weight excluding hydrogens is 380 g/mol. The Bertz CT molecular complexity index is 621. The zero-order chi connectivity index (χ0) is 22.4. The van der Waals surface area contributed by atoms with Gasteiger partial charge in [-0.25, -0.2) is 4.79 Å². The van der Waals surface area contributed by atoms with Crippen molar-refractivity contribution in [1.82, 2.24) is 0 Å². The third-order valence-corrected chi connectivity index (χ3v) is 4.92. The first kappa shape index (κ1) is 24.9. The van der Waals surface area contributed by atoms with E-state index < -0.39 is 52.8 Å². The summed E-state index contributed by atoms with van der Waals surface area (Å²) in [5.41, 5.74) is -1.85. The molecule has 1 heterocycles. The number of cyclic esters (lactones) is 1. The lowest BCUT2D eigenvalue weighted by molar-refractivity contribution is -0.172. The van der Waals surface area contributed by atoms with Crippen molar-refractivity contribution < 1.29 is 38.1 Å². The van der Waals surface area contributed by atoms with E-state index >= 15 is 0 Å². The molecular formula is C21H34O8. The summed E-state index contributed by atoms with van der Waals surface area (Å²) in [7, 11) is 1.29. The molecule has 0 aromatic rings. The van der Waals surface area contributed by atoms with E-state index in [1.807, 2.05) is 6.92 Å². The van der Waals surface area contributed by atoms with Crippen LogP contribution in [0.15, 0.2) is 0 Å². The molecule has 0 amide bonds. The minimum atomic E-state index is -1.19. The lowest BCUT2D eigenvalue weighted by Gasteiger charge is -2.33. The maximum atomic E-state index is 13.0. The third-order valence-electron chi connectivity index (χ3n) is 4.92. The molecule has 0 aromatic heterocycles. The van der Waals surface area contributed by atoms with Crippen molar-refractivity contribution in [3.8, 4) is 0 Å². The second-order valence-corrected chi connectivity index (χ2v) is 8.88. The fraction of sp³-hybridized carbons (Fsp3) is 0.810. The highest BCUT2D eigenvalue weighted by molar-refractivity contribution is 5.84. The first-order valence-corrected chi connectivity index (χ1v) is 10.0. The molecule has 1 saturated heterocycles. The number of esters is 4. The SMILES string of the molecule is CCC(CC(C)(CC(C)C(=O)OC(C)(C)C)C(=O)OC1CCOC1=O)C(=O)OC. The maximum absolute atomic E-state index is 13.0. The van der Waals surface area contributed by atoms with Crippen LogP contribution in [0, 0.1) is 17.3 Å². The second kappa shape index (κ2) is 10.1. The molecule has 0 bridgehead atoms. The molecule has 8 nitrogen and oxygen atoms in total. The van der Waals surface area contributed by atoms with Gasteiger partial charge >= 0.3 is 23.9 Å². The van der Waals surface area contributed by atoms with E-state index in [9.17, 15) is 19.2 Å². The summed E-state index contributed by atoms with van der Waals surface area (Å²) < 4.78 is 20.5. The topological polar surface area (TPSA) is 105 Å². The molecule has 166 valence electrons. The number of methoxy groups -OCH3 is 1. The van der Waals surface area contributed by atoms with Crippen LogP contribution in [-0.4, -0.2) is 49.3 Å². The van der Waals surface area contributed by atoms with Crippen LogP contribution in [0.4, 0.5) is 0 Å². The monoisotopic (exact) mass is 414 g/mol. The Labute approximate surface area is 172 Å². The van der Waals surface area contributed by atoms with Crippen molar-refractivity contribution in [3.63, 3.8) is 0 Å². The van der Waals surface area contributed by atoms with Crippen LogP contribution < -0.4 is 0 Å². The van der Waals surface area contributed by atoms with Crippen molar-refractivity contribution in [2.24, 2.45) is 17.3 Å². The summed E-state index contributed by atoms with van der Waals surface area (Å²) in [6.45, 7) is 10.6. The van der Waals surface area contributed by atoms with Gasteiger partial charge in [0.05, 0.1) is 31.0 Å². The summed E-state index contributed by atoms with van der Waals surface area (Å²) in [5.74, 6) is -3.25. The minimum absolute atomic E-state index is 0.107. The molecule has 1 aliphatic rings. The summed E-state index contributed by atoms with van der Waals surface area (Å²) in [6.07, 6.45) is 0.0231. The fourth-order valence-corrected chi connectivity index (χ4v) is 3.37. The van der Waals surface area contributed by atoms with Gasteiger partial charge in [-0.2, -0.15) is 0 Å². The van der Waals surface area contributed by atoms with Gasteiger partial charge in [-0.3, -0.25) is 14.4 Å². The van der Waals surface area contributed by atoms with Crippen LogP contribution >= 0.6 is 0 Å². The molecule has 0 N–H and O–H groups in total. The molecule has 8 heteroatoms. The van der Waals surface area contributed by atoms with Crippen LogP contribution in [0.25, 0.3) is 0 Å². The van der Waals surface area contributed by atoms with E-state index in [-0.39, 0.29) is 25.9 Å². The third kappa shape index (κ3) is 7.33. The Balaban J connectivity index is 3.05. The Morgan fingerprint density at radius 2 is 1.76 bits per heavy atom. The number of carbonyl (C=O) groups is 4. The number of hydrogen-bond donors (Lipinski definition) is 0. The number of ether oxygens (including phenoxy) is 4. The van der Waals surface area contributed by atoms with Crippen LogP contribution in [0.2, 0.25) is 0 Å². The average molecular weight is 414 g/mol. The number of rotatable bonds is 9. The van der Waals surface area contributed by atoms with Crippen molar-refractivity contribution in [2.45, 2.75) is 78.9 Å². The largest absolute Gasteiger partial charge is 0.469 e. The predicted octanol–water partition coefficient (Wildman–Crippen LogP) is 2.81. The minimum Gasteiger partial charge on any atom is -0.469 e. The Kier molecular flexibility index (Phi) is 8.65. The van der Waals surface area contributed by atoms with Crippen molar-refractivity contribution in [3.05, 3.63) is 0 Å². The molecule has 0 spiro atoms. The molecule has 1 rings (SSSR count). The quantitative estimate of drug-likeness (QED) is 0.419. The van der Waals surface area contributed by atoms with Crippen LogP contribution in [0.3, 0.4) is 0 Å². The highest BCUT2D eigenvalue weighted by atomic mass is 16.6. The zero-order valence-corrected chi connectivity index (χ0v) is 18.5. The van der Waals surface area contributed by atoms with E-state index in [0.717, 1.165) is 0 Å². The van der Waals surface area contributed by atoms with Gasteiger partial charge in [-0.05, 0) is 47.0 Å². The average Bonchev–Trinajstić information content (AvgIpc) is 3.02. The van der Waals surface area contributed by atoms with E-state index in [1.54, 1.807) is 34.6 Å². The van der Waals surface area contributed by atoms with Crippen molar-refractivity contribution >= 4 is 23.9 Å². The summed E-state index contributed by atoms with van der Waals surface area (Å²) in [4.78, 5) is 49.3. The highest BCUT2D eigenvalue weighted by Crippen LogP contribution is 2.37. The molecule has 0 aliphatic carbocycles. The van der Waals surface area contributed by atoms with E-state index in [2.05, 4.69) is 0 Å². The van der Waals surface area contributed by atoms with E-state index in [1.165, 1.54) is 7.11 Å². The predicted molar refractivity (Wildman–Crippen MR) is 104 cm³/mol. The molecule has 1 fully saturated rings. The lowest BCUT2D eigenvalue weighted by atomic mass is 9.74. The number of hydrogen-bond acceptors (Lipinski definition) is 8. The van der Waals surface area contributed by atoms with Gasteiger partial charge in [-0.15, -0.1) is 0 Å². The normalized spacial score (nSPS) is 20.8. The first-order chi connectivity index (χ1) is 13.3. The molecule has 4 atom stereocenters. The van der Waals surface area contributed by atoms with Gasteiger partial charge in [0, 0.05) is 6.42 Å². The molecule has 0 saturated carbocycles. The van der Waals surface area contributed by atoms with Gasteiger partial charge in [-0.1, -0.05) is 13.8 Å². The summed E-state index contributed by atoms with van der Waals surface area (Å²) >= 11 is 0. The van der Waals surface area contributed by atoms with Crippen LogP contribution in [0.1, 0.15) is 67.2 Å².